The van der Waals surface area contributed by atoms with Gasteiger partial charge in [-0.2, -0.15) is 0 Å². The van der Waals surface area contributed by atoms with Crippen LogP contribution in [0.2, 0.25) is 0 Å². The third-order valence-electron chi connectivity index (χ3n) is 3.33. The molecule has 1 aromatic rings. The third kappa shape index (κ3) is 3.77. The lowest BCUT2D eigenvalue weighted by Gasteiger charge is -2.19. The Kier molecular flexibility index (Phi) is 4.00. The first-order valence-electron chi connectivity index (χ1n) is 6.42. The molecule has 3 heteroatoms. The van der Waals surface area contributed by atoms with E-state index >= 15 is 0 Å². The number of carbonyl (C=O) groups is 1. The number of benzene rings is 1. The van der Waals surface area contributed by atoms with Gasteiger partial charge in [0.25, 0.3) is 0 Å². The molecular weight excluding hydrogens is 244 g/mol. The van der Waals surface area contributed by atoms with Crippen molar-refractivity contribution in [2.75, 3.05) is 5.75 Å². The molecule has 1 N–H and O–H groups in total. The Morgan fingerprint density at radius 2 is 1.94 bits per heavy atom. The van der Waals surface area contributed by atoms with Crippen molar-refractivity contribution < 1.29 is 9.90 Å². The molecule has 0 heterocycles. The normalized spacial score (nSPS) is 15.7. The minimum Gasteiger partial charge on any atom is -0.481 e. The van der Waals surface area contributed by atoms with E-state index in [-0.39, 0.29) is 0 Å². The van der Waals surface area contributed by atoms with E-state index in [0.717, 1.165) is 11.5 Å². The molecule has 0 unspecified atom stereocenters. The summed E-state index contributed by atoms with van der Waals surface area (Å²) in [6.45, 7) is 3.54. The lowest BCUT2D eigenvalue weighted by Crippen LogP contribution is -2.26. The maximum absolute atomic E-state index is 11.1. The van der Waals surface area contributed by atoms with Gasteiger partial charge in [-0.25, -0.2) is 0 Å². The lowest BCUT2D eigenvalue weighted by molar-refractivity contribution is -0.146. The van der Waals surface area contributed by atoms with Gasteiger partial charge in [-0.15, -0.1) is 11.8 Å². The van der Waals surface area contributed by atoms with Gasteiger partial charge in [-0.3, -0.25) is 4.79 Å². The minimum absolute atomic E-state index is 0.579. The van der Waals surface area contributed by atoms with Crippen LogP contribution in [0.5, 0.6) is 0 Å². The summed E-state index contributed by atoms with van der Waals surface area (Å²) in [7, 11) is 0. The van der Waals surface area contributed by atoms with Crippen molar-refractivity contribution in [3.05, 3.63) is 29.8 Å². The van der Waals surface area contributed by atoms with Crippen LogP contribution in [-0.4, -0.2) is 16.8 Å². The van der Waals surface area contributed by atoms with Crippen molar-refractivity contribution in [1.82, 2.24) is 0 Å². The average molecular weight is 264 g/mol. The highest BCUT2D eigenvalue weighted by Crippen LogP contribution is 2.35. The van der Waals surface area contributed by atoms with Crippen LogP contribution in [-0.2, 0) is 11.2 Å². The molecule has 0 amide bonds. The summed E-state index contributed by atoms with van der Waals surface area (Å²) in [6, 6.07) is 8.33. The molecule has 0 aliphatic heterocycles. The first kappa shape index (κ1) is 13.5. The molecule has 0 radical (unpaired) electrons. The number of carboxylic acid groups (broad SMARTS) is 1. The molecular formula is C15H20O2S. The van der Waals surface area contributed by atoms with Crippen LogP contribution in [0.1, 0.15) is 32.3 Å². The number of carboxylic acids is 1. The van der Waals surface area contributed by atoms with E-state index in [1.165, 1.54) is 23.5 Å². The third-order valence-corrected chi connectivity index (χ3v) is 4.57. The fourth-order valence-electron chi connectivity index (χ4n) is 1.79. The zero-order valence-corrected chi connectivity index (χ0v) is 11.8. The van der Waals surface area contributed by atoms with Gasteiger partial charge in [0.2, 0.25) is 0 Å². The predicted molar refractivity (Wildman–Crippen MR) is 75.0 cm³/mol. The van der Waals surface area contributed by atoms with Crippen LogP contribution in [0.25, 0.3) is 0 Å². The Morgan fingerprint density at radius 3 is 2.44 bits per heavy atom. The summed E-state index contributed by atoms with van der Waals surface area (Å²) in [5.41, 5.74) is 0.404. The quantitative estimate of drug-likeness (QED) is 0.793. The number of rotatable bonds is 6. The van der Waals surface area contributed by atoms with Crippen molar-refractivity contribution in [3.63, 3.8) is 0 Å². The Morgan fingerprint density at radius 1 is 1.33 bits per heavy atom. The molecule has 0 atom stereocenters. The van der Waals surface area contributed by atoms with E-state index in [9.17, 15) is 4.79 Å². The highest BCUT2D eigenvalue weighted by Gasteiger charge is 2.27. The zero-order valence-electron chi connectivity index (χ0n) is 11.0. The number of thioether (sulfide) groups is 1. The zero-order chi connectivity index (χ0) is 13.2. The molecule has 2 nitrogen and oxygen atoms in total. The minimum atomic E-state index is -0.741. The van der Waals surface area contributed by atoms with Gasteiger partial charge in [0.1, 0.15) is 0 Å². The molecule has 0 bridgehead atoms. The summed E-state index contributed by atoms with van der Waals surface area (Å²) < 4.78 is 0. The van der Waals surface area contributed by atoms with Gasteiger partial charge in [-0.1, -0.05) is 12.1 Å². The second-order valence-electron chi connectivity index (χ2n) is 5.76. The van der Waals surface area contributed by atoms with E-state index < -0.39 is 11.4 Å². The largest absolute Gasteiger partial charge is 0.481 e. The Balaban J connectivity index is 1.92. The Bertz CT molecular complexity index is 419. The van der Waals surface area contributed by atoms with Gasteiger partial charge >= 0.3 is 5.97 Å². The fraction of sp³-hybridized carbons (Fsp3) is 0.533. The standard InChI is InChI=1S/C15H20O2S/c1-15(2,14(16)17)9-11-5-7-13(8-6-11)18-10-12-3-4-12/h5-8,12H,3-4,9-10H2,1-2H3,(H,16,17). The van der Waals surface area contributed by atoms with Crippen LogP contribution in [0.15, 0.2) is 29.2 Å². The van der Waals surface area contributed by atoms with Crippen molar-refractivity contribution in [3.8, 4) is 0 Å². The lowest BCUT2D eigenvalue weighted by atomic mass is 9.86. The summed E-state index contributed by atoms with van der Waals surface area (Å²) in [5.74, 6) is 1.41. The molecule has 1 aliphatic carbocycles. The molecule has 1 fully saturated rings. The molecule has 0 spiro atoms. The van der Waals surface area contributed by atoms with E-state index in [1.807, 2.05) is 11.8 Å². The predicted octanol–water partition coefficient (Wildman–Crippen LogP) is 3.84. The van der Waals surface area contributed by atoms with E-state index in [4.69, 9.17) is 5.11 Å². The van der Waals surface area contributed by atoms with Crippen molar-refractivity contribution in [2.45, 2.75) is 38.0 Å². The first-order chi connectivity index (χ1) is 8.47. The average Bonchev–Trinajstić information content (AvgIpc) is 3.11. The number of aliphatic carboxylic acids is 1. The van der Waals surface area contributed by atoms with Crippen molar-refractivity contribution in [2.24, 2.45) is 11.3 Å². The summed E-state index contributed by atoms with van der Waals surface area (Å²) in [6.07, 6.45) is 3.35. The van der Waals surface area contributed by atoms with E-state index in [0.29, 0.717) is 6.42 Å². The van der Waals surface area contributed by atoms with Crippen LogP contribution in [0.3, 0.4) is 0 Å². The fourth-order valence-corrected chi connectivity index (χ4v) is 2.88. The number of hydrogen-bond acceptors (Lipinski definition) is 2. The first-order valence-corrected chi connectivity index (χ1v) is 7.41. The SMILES string of the molecule is CC(C)(Cc1ccc(SCC2CC2)cc1)C(=O)O. The Labute approximate surface area is 113 Å². The second-order valence-corrected chi connectivity index (χ2v) is 6.86. The molecule has 0 aromatic heterocycles. The van der Waals surface area contributed by atoms with Crippen LogP contribution >= 0.6 is 11.8 Å². The Hall–Kier alpha value is -0.960. The highest BCUT2D eigenvalue weighted by molar-refractivity contribution is 7.99. The van der Waals surface area contributed by atoms with Gasteiger partial charge in [-0.05, 0) is 56.7 Å². The summed E-state index contributed by atoms with van der Waals surface area (Å²) in [4.78, 5) is 12.4. The van der Waals surface area contributed by atoms with Gasteiger partial charge in [0.15, 0.2) is 0 Å². The molecule has 1 aliphatic rings. The molecule has 18 heavy (non-hydrogen) atoms. The molecule has 2 rings (SSSR count). The van der Waals surface area contributed by atoms with Crippen LogP contribution in [0.4, 0.5) is 0 Å². The summed E-state index contributed by atoms with van der Waals surface area (Å²) in [5, 5.41) is 9.11. The molecule has 1 saturated carbocycles. The molecule has 0 saturated heterocycles. The van der Waals surface area contributed by atoms with Gasteiger partial charge in [0.05, 0.1) is 5.41 Å². The maximum Gasteiger partial charge on any atom is 0.309 e. The van der Waals surface area contributed by atoms with Crippen LogP contribution < -0.4 is 0 Å². The topological polar surface area (TPSA) is 37.3 Å². The van der Waals surface area contributed by atoms with Crippen LogP contribution in [0, 0.1) is 11.3 Å². The number of hydrogen-bond donors (Lipinski definition) is 1. The maximum atomic E-state index is 11.1. The van der Waals surface area contributed by atoms with Gasteiger partial charge < -0.3 is 5.11 Å². The van der Waals surface area contributed by atoms with Crippen molar-refractivity contribution >= 4 is 17.7 Å². The smallest absolute Gasteiger partial charge is 0.309 e. The highest BCUT2D eigenvalue weighted by atomic mass is 32.2. The van der Waals surface area contributed by atoms with Gasteiger partial charge in [0, 0.05) is 10.6 Å². The summed E-state index contributed by atoms with van der Waals surface area (Å²) >= 11 is 1.91. The second kappa shape index (κ2) is 5.35. The van der Waals surface area contributed by atoms with E-state index in [1.54, 1.807) is 13.8 Å². The molecule has 1 aromatic carbocycles. The monoisotopic (exact) mass is 264 g/mol. The molecule has 98 valence electrons. The van der Waals surface area contributed by atoms with E-state index in [2.05, 4.69) is 24.3 Å². The van der Waals surface area contributed by atoms with Crippen molar-refractivity contribution in [1.29, 1.82) is 0 Å².